The van der Waals surface area contributed by atoms with E-state index in [9.17, 15) is 13.2 Å². The normalized spacial score (nSPS) is 13.8. The number of nitrogens with one attached hydrogen (secondary N) is 2. The fourth-order valence-electron chi connectivity index (χ4n) is 3.68. The van der Waals surface area contributed by atoms with Crippen molar-refractivity contribution in [3.8, 4) is 0 Å². The predicted molar refractivity (Wildman–Crippen MR) is 113 cm³/mol. The minimum atomic E-state index is -3.64. The highest BCUT2D eigenvalue weighted by Gasteiger charge is 2.18. The third-order valence-electron chi connectivity index (χ3n) is 5.18. The van der Waals surface area contributed by atoms with Crippen molar-refractivity contribution in [2.45, 2.75) is 37.0 Å². The largest absolute Gasteiger partial charge is 0.324 e. The van der Waals surface area contributed by atoms with E-state index >= 15 is 0 Å². The zero-order chi connectivity index (χ0) is 20.3. The summed E-state index contributed by atoms with van der Waals surface area (Å²) in [6.07, 6.45) is 5.87. The van der Waals surface area contributed by atoms with Crippen molar-refractivity contribution in [3.63, 3.8) is 0 Å². The van der Waals surface area contributed by atoms with Crippen LogP contribution in [0.2, 0.25) is 0 Å². The van der Waals surface area contributed by atoms with E-state index < -0.39 is 10.0 Å². The van der Waals surface area contributed by atoms with Gasteiger partial charge < -0.3 is 5.32 Å². The van der Waals surface area contributed by atoms with Crippen LogP contribution in [0, 0.1) is 0 Å². The summed E-state index contributed by atoms with van der Waals surface area (Å²) in [6, 6.07) is 14.6. The number of para-hydroxylation sites is 1. The molecule has 7 heteroatoms. The van der Waals surface area contributed by atoms with Crippen LogP contribution in [-0.4, -0.2) is 25.9 Å². The van der Waals surface area contributed by atoms with E-state index in [1.807, 2.05) is 30.3 Å². The predicted octanol–water partition coefficient (Wildman–Crippen LogP) is 3.42. The summed E-state index contributed by atoms with van der Waals surface area (Å²) in [7, 11) is -3.64. The van der Waals surface area contributed by atoms with E-state index in [-0.39, 0.29) is 23.8 Å². The standard InChI is InChI=1S/C22H23N3O3S/c26-21(25-20-9-3-7-17-8-4-13-23-22(17)20)12-14-24-29(27,28)19-11-10-16-5-1-2-6-18(16)15-19/h3-4,7-11,13,15,24H,1-2,5-6,12,14H2,(H,25,26). The van der Waals surface area contributed by atoms with Gasteiger partial charge in [-0.1, -0.05) is 24.3 Å². The molecule has 1 aliphatic rings. The molecule has 0 aliphatic heterocycles. The number of rotatable bonds is 6. The molecule has 1 heterocycles. The second-order valence-electron chi connectivity index (χ2n) is 7.21. The Morgan fingerprint density at radius 3 is 2.66 bits per heavy atom. The maximum absolute atomic E-state index is 12.6. The zero-order valence-corrected chi connectivity index (χ0v) is 16.8. The van der Waals surface area contributed by atoms with Gasteiger partial charge in [0.25, 0.3) is 0 Å². The average Bonchev–Trinajstić information content (AvgIpc) is 2.73. The second kappa shape index (κ2) is 8.31. The van der Waals surface area contributed by atoms with Crippen molar-refractivity contribution < 1.29 is 13.2 Å². The number of amides is 1. The Morgan fingerprint density at radius 1 is 1.00 bits per heavy atom. The second-order valence-corrected chi connectivity index (χ2v) is 8.98. The number of nitrogens with zero attached hydrogens (tertiary/aromatic N) is 1. The lowest BCUT2D eigenvalue weighted by Gasteiger charge is -2.16. The molecule has 2 N–H and O–H groups in total. The Hall–Kier alpha value is -2.77. The lowest BCUT2D eigenvalue weighted by Crippen LogP contribution is -2.28. The van der Waals surface area contributed by atoms with Gasteiger partial charge >= 0.3 is 0 Å². The van der Waals surface area contributed by atoms with E-state index in [2.05, 4.69) is 15.0 Å². The lowest BCUT2D eigenvalue weighted by molar-refractivity contribution is -0.116. The molecule has 0 atom stereocenters. The quantitative estimate of drug-likeness (QED) is 0.653. The third-order valence-corrected chi connectivity index (χ3v) is 6.64. The van der Waals surface area contributed by atoms with E-state index in [0.29, 0.717) is 11.2 Å². The number of benzene rings is 2. The van der Waals surface area contributed by atoms with Crippen LogP contribution >= 0.6 is 0 Å². The number of carbonyl (C=O) groups is 1. The van der Waals surface area contributed by atoms with Gasteiger partial charge in [0.05, 0.1) is 16.1 Å². The van der Waals surface area contributed by atoms with Gasteiger partial charge in [-0.25, -0.2) is 13.1 Å². The summed E-state index contributed by atoms with van der Waals surface area (Å²) < 4.78 is 27.7. The van der Waals surface area contributed by atoms with Crippen LogP contribution in [0.3, 0.4) is 0 Å². The number of fused-ring (bicyclic) bond motifs is 2. The Balaban J connectivity index is 1.37. The molecule has 1 aliphatic carbocycles. The van der Waals surface area contributed by atoms with Gasteiger partial charge in [-0.3, -0.25) is 9.78 Å². The molecule has 0 bridgehead atoms. The molecule has 0 fully saturated rings. The minimum Gasteiger partial charge on any atom is -0.324 e. The number of hydrogen-bond donors (Lipinski definition) is 2. The molecular weight excluding hydrogens is 386 g/mol. The highest BCUT2D eigenvalue weighted by molar-refractivity contribution is 7.89. The van der Waals surface area contributed by atoms with Crippen LogP contribution < -0.4 is 10.0 Å². The topological polar surface area (TPSA) is 88.2 Å². The van der Waals surface area contributed by atoms with E-state index in [0.717, 1.165) is 36.6 Å². The molecule has 150 valence electrons. The Morgan fingerprint density at radius 2 is 1.79 bits per heavy atom. The first-order valence-corrected chi connectivity index (χ1v) is 11.3. The summed E-state index contributed by atoms with van der Waals surface area (Å²) in [5, 5.41) is 3.74. The summed E-state index contributed by atoms with van der Waals surface area (Å²) in [4.78, 5) is 16.9. The van der Waals surface area contributed by atoms with E-state index in [4.69, 9.17) is 0 Å². The summed E-state index contributed by atoms with van der Waals surface area (Å²) >= 11 is 0. The summed E-state index contributed by atoms with van der Waals surface area (Å²) in [5.41, 5.74) is 3.67. The first-order chi connectivity index (χ1) is 14.0. The summed E-state index contributed by atoms with van der Waals surface area (Å²) in [5.74, 6) is -0.267. The Bertz CT molecular complexity index is 1150. The fraction of sp³-hybridized carbons (Fsp3) is 0.273. The van der Waals surface area contributed by atoms with Crippen molar-refractivity contribution in [2.24, 2.45) is 0 Å². The number of aryl methyl sites for hydroxylation is 2. The molecular formula is C22H23N3O3S. The number of anilines is 1. The molecule has 0 unspecified atom stereocenters. The number of hydrogen-bond acceptors (Lipinski definition) is 4. The van der Waals surface area contributed by atoms with Crippen molar-refractivity contribution in [1.29, 1.82) is 0 Å². The van der Waals surface area contributed by atoms with Crippen LogP contribution in [0.15, 0.2) is 59.6 Å². The van der Waals surface area contributed by atoms with Gasteiger partial charge in [0.15, 0.2) is 0 Å². The molecule has 0 spiro atoms. The van der Waals surface area contributed by atoms with Gasteiger partial charge in [-0.05, 0) is 61.1 Å². The van der Waals surface area contributed by atoms with Crippen molar-refractivity contribution in [2.75, 3.05) is 11.9 Å². The molecule has 0 saturated carbocycles. The molecule has 6 nitrogen and oxygen atoms in total. The number of aromatic nitrogens is 1. The minimum absolute atomic E-state index is 0.0312. The van der Waals surface area contributed by atoms with Crippen molar-refractivity contribution >= 4 is 32.5 Å². The van der Waals surface area contributed by atoms with Crippen LogP contribution in [-0.2, 0) is 27.7 Å². The van der Waals surface area contributed by atoms with Crippen LogP contribution in [0.4, 0.5) is 5.69 Å². The smallest absolute Gasteiger partial charge is 0.240 e. The highest BCUT2D eigenvalue weighted by atomic mass is 32.2. The number of carbonyl (C=O) groups excluding carboxylic acids is 1. The third kappa shape index (κ3) is 4.46. The first kappa shape index (κ1) is 19.5. The molecule has 3 aromatic rings. The van der Waals surface area contributed by atoms with Crippen LogP contribution in [0.1, 0.15) is 30.4 Å². The molecule has 1 aromatic heterocycles. The van der Waals surface area contributed by atoms with Gasteiger partial charge in [-0.2, -0.15) is 0 Å². The van der Waals surface area contributed by atoms with Crippen LogP contribution in [0.25, 0.3) is 10.9 Å². The average molecular weight is 410 g/mol. The van der Waals surface area contributed by atoms with Gasteiger partial charge in [-0.15, -0.1) is 0 Å². The van der Waals surface area contributed by atoms with Crippen molar-refractivity contribution in [3.05, 3.63) is 65.9 Å². The SMILES string of the molecule is O=C(CCNS(=O)(=O)c1ccc2c(c1)CCCC2)Nc1cccc2cccnc12. The maximum atomic E-state index is 12.6. The van der Waals surface area contributed by atoms with Gasteiger partial charge in [0.1, 0.15) is 0 Å². The lowest BCUT2D eigenvalue weighted by atomic mass is 9.92. The molecule has 1 amide bonds. The van der Waals surface area contributed by atoms with Gasteiger partial charge in [0.2, 0.25) is 15.9 Å². The molecule has 2 aromatic carbocycles. The molecule has 0 saturated heterocycles. The molecule has 29 heavy (non-hydrogen) atoms. The Kier molecular flexibility index (Phi) is 5.60. The van der Waals surface area contributed by atoms with Crippen molar-refractivity contribution in [1.82, 2.24) is 9.71 Å². The van der Waals surface area contributed by atoms with E-state index in [1.165, 1.54) is 5.56 Å². The van der Waals surface area contributed by atoms with Crippen LogP contribution in [0.5, 0.6) is 0 Å². The molecule has 4 rings (SSSR count). The first-order valence-electron chi connectivity index (χ1n) is 9.78. The van der Waals surface area contributed by atoms with E-state index in [1.54, 1.807) is 24.4 Å². The number of sulfonamides is 1. The Labute approximate surface area is 170 Å². The highest BCUT2D eigenvalue weighted by Crippen LogP contribution is 2.24. The zero-order valence-electron chi connectivity index (χ0n) is 16.0. The maximum Gasteiger partial charge on any atom is 0.240 e. The molecule has 0 radical (unpaired) electrons. The van der Waals surface area contributed by atoms with Gasteiger partial charge in [0, 0.05) is 24.5 Å². The summed E-state index contributed by atoms with van der Waals surface area (Å²) in [6.45, 7) is 0.0312. The number of pyridine rings is 1. The monoisotopic (exact) mass is 409 g/mol. The fourth-order valence-corrected chi connectivity index (χ4v) is 4.76.